The minimum Gasteiger partial charge on any atom is -0.396 e. The number of carbonyl (C=O) groups is 1. The van der Waals surface area contributed by atoms with E-state index in [2.05, 4.69) is 10.6 Å². The number of amides is 1. The first-order chi connectivity index (χ1) is 10.9. The van der Waals surface area contributed by atoms with E-state index in [1.54, 1.807) is 12.1 Å². The lowest BCUT2D eigenvalue weighted by atomic mass is 10.0. The number of nitro groups is 1. The molecule has 0 spiro atoms. The van der Waals surface area contributed by atoms with E-state index in [0.29, 0.717) is 12.1 Å². The van der Waals surface area contributed by atoms with E-state index < -0.39 is 4.92 Å². The molecule has 1 atom stereocenters. The lowest BCUT2D eigenvalue weighted by Gasteiger charge is -2.22. The third-order valence-corrected chi connectivity index (χ3v) is 3.95. The Morgan fingerprint density at radius 2 is 2.13 bits per heavy atom. The second-order valence-electron chi connectivity index (χ2n) is 6.24. The van der Waals surface area contributed by atoms with E-state index >= 15 is 0 Å². The highest BCUT2D eigenvalue weighted by atomic mass is 16.6. The second kappa shape index (κ2) is 7.41. The Hall–Kier alpha value is -2.15. The van der Waals surface area contributed by atoms with Gasteiger partial charge in [0.15, 0.2) is 0 Å². The molecule has 0 radical (unpaired) electrons. The van der Waals surface area contributed by atoms with E-state index in [4.69, 9.17) is 5.11 Å². The number of hydrogen-bond donors (Lipinski definition) is 3. The summed E-state index contributed by atoms with van der Waals surface area (Å²) in [6, 6.07) is 4.57. The molecule has 1 aromatic rings. The lowest BCUT2D eigenvalue weighted by molar-refractivity contribution is -0.384. The van der Waals surface area contributed by atoms with Gasteiger partial charge in [0.2, 0.25) is 0 Å². The fraction of sp³-hybridized carbons (Fsp3) is 0.562. The molecule has 126 valence electrons. The SMILES string of the molecule is CC(C)[C@H](CCO)Nc1ccc(C(=O)NC2CC2)cc1[N+](=O)[O-]. The molecule has 0 aromatic heterocycles. The van der Waals surface area contributed by atoms with Crippen molar-refractivity contribution < 1.29 is 14.8 Å². The van der Waals surface area contributed by atoms with Crippen molar-refractivity contribution in [3.63, 3.8) is 0 Å². The molecule has 7 heteroatoms. The Kier molecular flexibility index (Phi) is 5.54. The molecule has 23 heavy (non-hydrogen) atoms. The fourth-order valence-electron chi connectivity index (χ4n) is 2.35. The van der Waals surface area contributed by atoms with Crippen molar-refractivity contribution in [1.82, 2.24) is 5.32 Å². The van der Waals surface area contributed by atoms with Crippen LogP contribution in [0.4, 0.5) is 11.4 Å². The molecule has 1 amide bonds. The van der Waals surface area contributed by atoms with Crippen molar-refractivity contribution in [1.29, 1.82) is 0 Å². The van der Waals surface area contributed by atoms with Gasteiger partial charge in [0.25, 0.3) is 11.6 Å². The van der Waals surface area contributed by atoms with E-state index in [1.165, 1.54) is 6.07 Å². The zero-order valence-electron chi connectivity index (χ0n) is 13.4. The van der Waals surface area contributed by atoms with Crippen LogP contribution in [-0.4, -0.2) is 34.6 Å². The van der Waals surface area contributed by atoms with Gasteiger partial charge in [0, 0.05) is 30.3 Å². The summed E-state index contributed by atoms with van der Waals surface area (Å²) in [7, 11) is 0. The van der Waals surface area contributed by atoms with Crippen molar-refractivity contribution in [3.8, 4) is 0 Å². The topological polar surface area (TPSA) is 104 Å². The third-order valence-electron chi connectivity index (χ3n) is 3.95. The number of benzene rings is 1. The molecule has 0 unspecified atom stereocenters. The van der Waals surface area contributed by atoms with Crippen LogP contribution in [0.5, 0.6) is 0 Å². The van der Waals surface area contributed by atoms with Crippen molar-refractivity contribution in [2.24, 2.45) is 5.92 Å². The molecule has 0 bridgehead atoms. The smallest absolute Gasteiger partial charge is 0.293 e. The number of rotatable bonds is 8. The van der Waals surface area contributed by atoms with Crippen molar-refractivity contribution in [2.45, 2.75) is 45.2 Å². The van der Waals surface area contributed by atoms with Gasteiger partial charge in [0.1, 0.15) is 5.69 Å². The monoisotopic (exact) mass is 321 g/mol. The van der Waals surface area contributed by atoms with Crippen LogP contribution in [0, 0.1) is 16.0 Å². The number of anilines is 1. The van der Waals surface area contributed by atoms with Gasteiger partial charge in [-0.15, -0.1) is 0 Å². The summed E-state index contributed by atoms with van der Waals surface area (Å²) in [6.07, 6.45) is 2.42. The minimum absolute atomic E-state index is 0.00548. The van der Waals surface area contributed by atoms with Crippen LogP contribution in [0.2, 0.25) is 0 Å². The summed E-state index contributed by atoms with van der Waals surface area (Å²) in [6.45, 7) is 3.97. The van der Waals surface area contributed by atoms with Crippen molar-refractivity contribution in [2.75, 3.05) is 11.9 Å². The number of nitrogens with zero attached hydrogens (tertiary/aromatic N) is 1. The highest BCUT2D eigenvalue weighted by Gasteiger charge is 2.26. The highest BCUT2D eigenvalue weighted by Crippen LogP contribution is 2.28. The van der Waals surface area contributed by atoms with Gasteiger partial charge in [0.05, 0.1) is 4.92 Å². The van der Waals surface area contributed by atoms with Gasteiger partial charge in [-0.25, -0.2) is 0 Å². The van der Waals surface area contributed by atoms with Crippen LogP contribution < -0.4 is 10.6 Å². The van der Waals surface area contributed by atoms with Crippen molar-refractivity contribution in [3.05, 3.63) is 33.9 Å². The average Bonchev–Trinajstić information content (AvgIpc) is 3.30. The zero-order chi connectivity index (χ0) is 17.0. The maximum Gasteiger partial charge on any atom is 0.293 e. The molecule has 3 N–H and O–H groups in total. The quantitative estimate of drug-likeness (QED) is 0.503. The molecule has 1 aliphatic carbocycles. The van der Waals surface area contributed by atoms with Crippen LogP contribution >= 0.6 is 0 Å². The molecule has 2 rings (SSSR count). The predicted molar refractivity (Wildman–Crippen MR) is 87.5 cm³/mol. The van der Waals surface area contributed by atoms with E-state index in [1.807, 2.05) is 13.8 Å². The molecule has 0 heterocycles. The summed E-state index contributed by atoms with van der Waals surface area (Å²) in [5.41, 5.74) is 0.527. The molecule has 0 saturated heterocycles. The van der Waals surface area contributed by atoms with Crippen LogP contribution in [0.1, 0.15) is 43.5 Å². The molecular weight excluding hydrogens is 298 g/mol. The summed E-state index contributed by atoms with van der Waals surface area (Å²) >= 11 is 0. The first kappa shape index (κ1) is 17.2. The first-order valence-electron chi connectivity index (χ1n) is 7.89. The summed E-state index contributed by atoms with van der Waals surface area (Å²) in [4.78, 5) is 22.9. The number of hydrogen-bond acceptors (Lipinski definition) is 5. The van der Waals surface area contributed by atoms with Crippen molar-refractivity contribution >= 4 is 17.3 Å². The van der Waals surface area contributed by atoms with Gasteiger partial charge < -0.3 is 15.7 Å². The molecule has 1 aromatic carbocycles. The van der Waals surface area contributed by atoms with Crippen LogP contribution in [0.25, 0.3) is 0 Å². The average molecular weight is 321 g/mol. The molecule has 1 aliphatic rings. The van der Waals surface area contributed by atoms with Gasteiger partial charge in [-0.05, 0) is 37.3 Å². The fourth-order valence-corrected chi connectivity index (χ4v) is 2.35. The number of aliphatic hydroxyl groups excluding tert-OH is 1. The van der Waals surface area contributed by atoms with E-state index in [0.717, 1.165) is 12.8 Å². The molecule has 7 nitrogen and oxygen atoms in total. The molecule has 1 saturated carbocycles. The standard InChI is InChI=1S/C16H23N3O4/c1-10(2)13(7-8-20)18-14-6-3-11(9-15(14)19(22)23)16(21)17-12-4-5-12/h3,6,9-10,12-13,18,20H,4-5,7-8H2,1-2H3,(H,17,21)/t13-/m0/s1. The normalized spacial score (nSPS) is 15.3. The lowest BCUT2D eigenvalue weighted by Crippen LogP contribution is -2.28. The first-order valence-corrected chi connectivity index (χ1v) is 7.89. The van der Waals surface area contributed by atoms with E-state index in [9.17, 15) is 14.9 Å². The second-order valence-corrected chi connectivity index (χ2v) is 6.24. The van der Waals surface area contributed by atoms with Crippen LogP contribution in [-0.2, 0) is 0 Å². The third kappa shape index (κ3) is 4.66. The van der Waals surface area contributed by atoms with Crippen LogP contribution in [0.15, 0.2) is 18.2 Å². The van der Waals surface area contributed by atoms with Gasteiger partial charge in [-0.3, -0.25) is 14.9 Å². The largest absolute Gasteiger partial charge is 0.396 e. The Morgan fingerprint density at radius 1 is 1.43 bits per heavy atom. The minimum atomic E-state index is -0.493. The number of carbonyl (C=O) groups excluding carboxylic acids is 1. The Balaban J connectivity index is 2.21. The number of aliphatic hydroxyl groups is 1. The molecule has 1 fully saturated rings. The predicted octanol–water partition coefficient (Wildman–Crippen LogP) is 2.31. The van der Waals surface area contributed by atoms with E-state index in [-0.39, 0.29) is 41.8 Å². The Morgan fingerprint density at radius 3 is 2.65 bits per heavy atom. The molecular formula is C16H23N3O4. The summed E-state index contributed by atoms with van der Waals surface area (Å²) < 4.78 is 0. The maximum absolute atomic E-state index is 12.0. The van der Waals surface area contributed by atoms with Crippen LogP contribution in [0.3, 0.4) is 0 Å². The summed E-state index contributed by atoms with van der Waals surface area (Å²) in [5, 5.41) is 26.4. The Labute approximate surface area is 135 Å². The number of nitro benzene ring substituents is 1. The molecule has 0 aliphatic heterocycles. The maximum atomic E-state index is 12.0. The van der Waals surface area contributed by atoms with Gasteiger partial charge in [-0.1, -0.05) is 13.8 Å². The zero-order valence-corrected chi connectivity index (χ0v) is 13.4. The summed E-state index contributed by atoms with van der Waals surface area (Å²) in [5.74, 6) is -0.0717. The van der Waals surface area contributed by atoms with Gasteiger partial charge in [-0.2, -0.15) is 0 Å². The Bertz CT molecular complexity index is 585. The number of nitrogens with one attached hydrogen (secondary N) is 2. The highest BCUT2D eigenvalue weighted by molar-refractivity contribution is 5.96. The van der Waals surface area contributed by atoms with Gasteiger partial charge >= 0.3 is 0 Å².